The fraction of sp³-hybridized carbons (Fsp3) is 0.259. The molecule has 2 aromatic carbocycles. The SMILES string of the molecule is Cc1cc(N=Nc2c(C)[nH]n(-c3ccc4c(c3)C(C)(C)CC4)c2=O)c(O)c(-c2ccc(C(=O)O)s2)c1. The molecule has 0 spiro atoms. The molecule has 0 radical (unpaired) electrons. The lowest BCUT2D eigenvalue weighted by molar-refractivity contribution is 0.0702. The predicted molar refractivity (Wildman–Crippen MR) is 140 cm³/mol. The summed E-state index contributed by atoms with van der Waals surface area (Å²) in [6.07, 6.45) is 2.11. The van der Waals surface area contributed by atoms with Gasteiger partial charge in [0, 0.05) is 10.4 Å². The Kier molecular flexibility index (Phi) is 5.67. The molecule has 0 unspecified atom stereocenters. The molecule has 0 amide bonds. The van der Waals surface area contributed by atoms with E-state index in [2.05, 4.69) is 41.3 Å². The molecule has 0 aliphatic heterocycles. The average Bonchev–Trinajstić information content (AvgIpc) is 3.51. The van der Waals surface area contributed by atoms with Crippen molar-refractivity contribution in [1.29, 1.82) is 0 Å². The number of hydrogen-bond donors (Lipinski definition) is 3. The van der Waals surface area contributed by atoms with Crippen molar-refractivity contribution >= 4 is 28.7 Å². The van der Waals surface area contributed by atoms with Gasteiger partial charge in [0.1, 0.15) is 10.6 Å². The Morgan fingerprint density at radius 3 is 2.61 bits per heavy atom. The first-order valence-corrected chi connectivity index (χ1v) is 12.4. The van der Waals surface area contributed by atoms with Gasteiger partial charge in [0.15, 0.2) is 11.4 Å². The first-order chi connectivity index (χ1) is 17.0. The fourth-order valence-corrected chi connectivity index (χ4v) is 5.56. The molecular weight excluding hydrogens is 476 g/mol. The molecule has 1 aliphatic carbocycles. The summed E-state index contributed by atoms with van der Waals surface area (Å²) < 4.78 is 1.47. The number of aromatic amines is 1. The van der Waals surface area contributed by atoms with Crippen LogP contribution in [0.25, 0.3) is 16.1 Å². The van der Waals surface area contributed by atoms with Gasteiger partial charge in [-0.05, 0) is 85.2 Å². The number of thiophene rings is 1. The zero-order chi connectivity index (χ0) is 25.8. The highest BCUT2D eigenvalue weighted by Gasteiger charge is 2.30. The van der Waals surface area contributed by atoms with Gasteiger partial charge in [0.2, 0.25) is 0 Å². The molecule has 1 aliphatic rings. The van der Waals surface area contributed by atoms with Crippen molar-refractivity contribution < 1.29 is 15.0 Å². The van der Waals surface area contributed by atoms with E-state index >= 15 is 0 Å². The van der Waals surface area contributed by atoms with Gasteiger partial charge in [-0.25, -0.2) is 9.48 Å². The summed E-state index contributed by atoms with van der Waals surface area (Å²) in [5, 5.41) is 31.6. The molecule has 2 aromatic heterocycles. The van der Waals surface area contributed by atoms with Crippen molar-refractivity contribution in [3.8, 4) is 21.9 Å². The van der Waals surface area contributed by atoms with Crippen LogP contribution in [-0.4, -0.2) is 26.0 Å². The zero-order valence-electron chi connectivity index (χ0n) is 20.4. The van der Waals surface area contributed by atoms with E-state index in [1.54, 1.807) is 25.1 Å². The van der Waals surface area contributed by atoms with E-state index in [4.69, 9.17) is 0 Å². The highest BCUT2D eigenvalue weighted by atomic mass is 32.1. The number of aromatic nitrogens is 2. The second-order valence-electron chi connectivity index (χ2n) is 9.80. The first-order valence-electron chi connectivity index (χ1n) is 11.6. The highest BCUT2D eigenvalue weighted by Crippen LogP contribution is 2.42. The molecule has 4 aromatic rings. The van der Waals surface area contributed by atoms with Gasteiger partial charge in [-0.2, -0.15) is 0 Å². The maximum absolute atomic E-state index is 13.2. The quantitative estimate of drug-likeness (QED) is 0.268. The average molecular weight is 503 g/mol. The molecule has 0 atom stereocenters. The summed E-state index contributed by atoms with van der Waals surface area (Å²) in [5.41, 5.74) is 5.22. The van der Waals surface area contributed by atoms with Gasteiger partial charge < -0.3 is 10.2 Å². The van der Waals surface area contributed by atoms with Gasteiger partial charge in [-0.1, -0.05) is 19.9 Å². The molecule has 9 heteroatoms. The standard InChI is InChI=1S/C27H26N4O4S/c1-14-11-18(21-7-8-22(36-21)26(34)35)24(32)20(12-14)28-29-23-15(2)30-31(25(23)33)17-6-5-16-9-10-27(3,4)19(16)13-17/h5-8,11-13,30,32H,9-10H2,1-4H3,(H,34,35). The third kappa shape index (κ3) is 4.05. The lowest BCUT2D eigenvalue weighted by atomic mass is 9.86. The summed E-state index contributed by atoms with van der Waals surface area (Å²) in [4.78, 5) is 25.3. The molecule has 2 heterocycles. The Morgan fingerprint density at radius 1 is 1.11 bits per heavy atom. The number of carboxylic acid groups (broad SMARTS) is 1. The van der Waals surface area contributed by atoms with E-state index in [0.29, 0.717) is 16.1 Å². The summed E-state index contributed by atoms with van der Waals surface area (Å²) in [7, 11) is 0. The number of carbonyl (C=O) groups is 1. The van der Waals surface area contributed by atoms with Crippen LogP contribution < -0.4 is 5.56 Å². The molecule has 0 bridgehead atoms. The van der Waals surface area contributed by atoms with E-state index in [1.807, 2.05) is 13.0 Å². The predicted octanol–water partition coefficient (Wildman–Crippen LogP) is 6.55. The zero-order valence-corrected chi connectivity index (χ0v) is 21.2. The summed E-state index contributed by atoms with van der Waals surface area (Å²) in [6.45, 7) is 8.03. The fourth-order valence-electron chi connectivity index (χ4n) is 4.70. The van der Waals surface area contributed by atoms with Crippen LogP contribution in [0.2, 0.25) is 0 Å². The number of hydrogen-bond acceptors (Lipinski definition) is 6. The van der Waals surface area contributed by atoms with Crippen molar-refractivity contribution in [3.05, 3.63) is 80.1 Å². The number of fused-ring (bicyclic) bond motifs is 1. The molecular formula is C27H26N4O4S. The minimum atomic E-state index is -1.02. The third-order valence-electron chi connectivity index (χ3n) is 6.71. The van der Waals surface area contributed by atoms with Gasteiger partial charge in [-0.3, -0.25) is 9.89 Å². The molecule has 3 N–H and O–H groups in total. The number of rotatable bonds is 5. The molecule has 0 fully saturated rings. The Labute approximate surface area is 211 Å². The number of phenols is 1. The number of carboxylic acids is 1. The van der Waals surface area contributed by atoms with E-state index in [1.165, 1.54) is 21.9 Å². The minimum absolute atomic E-state index is 0.0628. The number of phenolic OH excluding ortho intramolecular Hbond substituents is 1. The lowest BCUT2D eigenvalue weighted by Gasteiger charge is -2.19. The molecule has 0 saturated heterocycles. The number of nitrogens with zero attached hydrogens (tertiary/aromatic N) is 3. The molecule has 8 nitrogen and oxygen atoms in total. The Morgan fingerprint density at radius 2 is 1.89 bits per heavy atom. The summed E-state index contributed by atoms with van der Waals surface area (Å²) in [5.74, 6) is -1.15. The van der Waals surface area contributed by atoms with Crippen LogP contribution in [0.15, 0.2) is 57.5 Å². The number of aromatic carboxylic acids is 1. The van der Waals surface area contributed by atoms with E-state index in [9.17, 15) is 19.8 Å². The monoisotopic (exact) mass is 502 g/mol. The van der Waals surface area contributed by atoms with Gasteiger partial charge in [-0.15, -0.1) is 21.6 Å². The Hall–Kier alpha value is -3.98. The van der Waals surface area contributed by atoms with Crippen LogP contribution >= 0.6 is 11.3 Å². The van der Waals surface area contributed by atoms with Crippen molar-refractivity contribution in [3.63, 3.8) is 0 Å². The van der Waals surface area contributed by atoms with Gasteiger partial charge in [0.25, 0.3) is 5.56 Å². The van der Waals surface area contributed by atoms with Crippen molar-refractivity contribution in [1.82, 2.24) is 9.78 Å². The topological polar surface area (TPSA) is 120 Å². The number of nitrogens with one attached hydrogen (secondary N) is 1. The number of azo groups is 1. The number of aromatic hydroxyl groups is 1. The Bertz CT molecular complexity index is 1610. The van der Waals surface area contributed by atoms with Crippen molar-refractivity contribution in [2.75, 3.05) is 0 Å². The largest absolute Gasteiger partial charge is 0.505 e. The lowest BCUT2D eigenvalue weighted by Crippen LogP contribution is -2.16. The van der Waals surface area contributed by atoms with Crippen LogP contribution in [0, 0.1) is 13.8 Å². The number of H-pyrrole nitrogens is 1. The Balaban J connectivity index is 1.51. The van der Waals surface area contributed by atoms with Crippen LogP contribution in [-0.2, 0) is 11.8 Å². The van der Waals surface area contributed by atoms with Crippen LogP contribution in [0.5, 0.6) is 5.75 Å². The van der Waals surface area contributed by atoms with Crippen LogP contribution in [0.3, 0.4) is 0 Å². The van der Waals surface area contributed by atoms with Crippen LogP contribution in [0.4, 0.5) is 11.4 Å². The molecule has 0 saturated carbocycles. The maximum atomic E-state index is 13.2. The molecule has 36 heavy (non-hydrogen) atoms. The number of aryl methyl sites for hydroxylation is 3. The normalized spacial score (nSPS) is 14.4. The third-order valence-corrected chi connectivity index (χ3v) is 7.82. The van der Waals surface area contributed by atoms with Gasteiger partial charge >= 0.3 is 5.97 Å². The van der Waals surface area contributed by atoms with Crippen molar-refractivity contribution in [2.24, 2.45) is 10.2 Å². The minimum Gasteiger partial charge on any atom is -0.505 e. The number of benzene rings is 2. The second kappa shape index (κ2) is 8.60. The van der Waals surface area contributed by atoms with Crippen LogP contribution in [0.1, 0.15) is 52.3 Å². The van der Waals surface area contributed by atoms with Gasteiger partial charge in [0.05, 0.1) is 11.4 Å². The van der Waals surface area contributed by atoms with E-state index < -0.39 is 5.97 Å². The first kappa shape index (κ1) is 23.7. The second-order valence-corrected chi connectivity index (χ2v) is 10.9. The van der Waals surface area contributed by atoms with E-state index in [0.717, 1.165) is 35.4 Å². The summed E-state index contributed by atoms with van der Waals surface area (Å²) in [6, 6.07) is 12.6. The van der Waals surface area contributed by atoms with E-state index in [-0.39, 0.29) is 33.0 Å². The smallest absolute Gasteiger partial charge is 0.345 e. The molecule has 184 valence electrons. The molecule has 5 rings (SSSR count). The van der Waals surface area contributed by atoms with Crippen molar-refractivity contribution in [2.45, 2.75) is 46.0 Å². The highest BCUT2D eigenvalue weighted by molar-refractivity contribution is 7.17. The maximum Gasteiger partial charge on any atom is 0.345 e. The summed E-state index contributed by atoms with van der Waals surface area (Å²) >= 11 is 1.06.